The monoisotopic (exact) mass is 1780 g/mol. The fraction of sp³-hybridized carbons (Fsp3) is 0.295. The summed E-state index contributed by atoms with van der Waals surface area (Å²) in [5.74, 6) is 6.83. The van der Waals surface area contributed by atoms with Gasteiger partial charge in [0.05, 0.1) is 67.9 Å². The minimum atomic E-state index is 0.0510. The molecule has 0 atom stereocenters. The van der Waals surface area contributed by atoms with Crippen LogP contribution in [0.2, 0.25) is 0 Å². The summed E-state index contributed by atoms with van der Waals surface area (Å²) < 4.78 is 20.7. The van der Waals surface area contributed by atoms with Crippen molar-refractivity contribution in [3.8, 4) is 5.75 Å². The number of methoxy groups -OCH3 is 1. The van der Waals surface area contributed by atoms with Crippen LogP contribution in [0, 0.1) is 6.92 Å². The Morgan fingerprint density at radius 1 is 0.374 bits per heavy atom. The number of anilines is 1. The highest BCUT2D eigenvalue weighted by Crippen LogP contribution is 2.35. The van der Waals surface area contributed by atoms with E-state index in [4.69, 9.17) is 24.4 Å². The summed E-state index contributed by atoms with van der Waals surface area (Å²) in [5.41, 5.74) is 32.8. The van der Waals surface area contributed by atoms with E-state index in [0.29, 0.717) is 64.3 Å². The van der Waals surface area contributed by atoms with E-state index < -0.39 is 0 Å². The van der Waals surface area contributed by atoms with Crippen molar-refractivity contribution in [3.05, 3.63) is 347 Å². The molecule has 20 rings (SSSR count). The SMILES string of the molecule is CC(C)c1cccc2cnccc12.CC(C)c1cccc2nc(N)sc12.CC(C)c1cccc2ncc(CO)cc12.CC(C)c1cccc2ncccc12.CC(C)c1cccc2nccn12.CC(C)c1cccc2ncncc12.CC(C)c1cccc2ncoc12.CC(C)c1cccc2ncsc12.COc1cnc2cccc(C(C)C)c2c1.Cc1nc2cccc(C(C)C)c2o1. The minimum Gasteiger partial charge on any atom is -0.495 e. The van der Waals surface area contributed by atoms with Gasteiger partial charge in [-0.05, 0) is 205 Å². The molecule has 0 saturated heterocycles. The molecule has 0 bridgehead atoms. The maximum Gasteiger partial charge on any atom is 0.192 e. The fourth-order valence-corrected chi connectivity index (χ4v) is 17.5. The number of nitrogens with zero attached hydrogens (tertiary/aromatic N) is 12. The van der Waals surface area contributed by atoms with Crippen molar-refractivity contribution in [2.24, 2.45) is 0 Å². The quantitative estimate of drug-likeness (QED) is 0.116. The van der Waals surface area contributed by atoms with Crippen LogP contribution in [0.25, 0.3) is 103 Å². The Balaban J connectivity index is 0.000000141. The molecular formula is C112H127N13O4S2. The average Bonchev–Trinajstić information content (AvgIpc) is 1.41. The number of ether oxygens (including phenoxy) is 1. The number of aliphatic hydroxyl groups is 1. The van der Waals surface area contributed by atoms with E-state index in [-0.39, 0.29) is 6.61 Å². The summed E-state index contributed by atoms with van der Waals surface area (Å²) in [4.78, 5) is 46.5. The zero-order valence-electron chi connectivity index (χ0n) is 80.0. The molecule has 131 heavy (non-hydrogen) atoms. The Bertz CT molecular complexity index is 6440. The summed E-state index contributed by atoms with van der Waals surface area (Å²) in [6, 6.07) is 72.5. The smallest absolute Gasteiger partial charge is 0.192 e. The number of benzene rings is 9. The summed E-state index contributed by atoms with van der Waals surface area (Å²) in [7, 11) is 1.67. The molecular weight excluding hydrogens is 1660 g/mol. The van der Waals surface area contributed by atoms with Crippen LogP contribution in [0.4, 0.5) is 5.13 Å². The molecule has 11 aromatic heterocycles. The number of nitrogen functional groups attached to an aromatic ring is 1. The number of rotatable bonds is 12. The number of fused-ring (bicyclic) bond motifs is 10. The molecule has 0 fully saturated rings. The third kappa shape index (κ3) is 26.0. The second kappa shape index (κ2) is 47.5. The Morgan fingerprint density at radius 3 is 1.45 bits per heavy atom. The van der Waals surface area contributed by atoms with Gasteiger partial charge in [0.1, 0.15) is 28.8 Å². The van der Waals surface area contributed by atoms with Crippen molar-refractivity contribution in [1.29, 1.82) is 0 Å². The summed E-state index contributed by atoms with van der Waals surface area (Å²) in [5, 5.41) is 17.1. The number of aromatic nitrogens is 12. The normalized spacial score (nSPS) is 11.2. The largest absolute Gasteiger partial charge is 0.495 e. The molecule has 0 unspecified atom stereocenters. The van der Waals surface area contributed by atoms with Crippen molar-refractivity contribution < 1.29 is 18.7 Å². The van der Waals surface area contributed by atoms with E-state index in [1.54, 1.807) is 48.5 Å². The lowest BCUT2D eigenvalue weighted by atomic mass is 9.97. The molecule has 3 N–H and O–H groups in total. The number of nitrogens with two attached hydrogens (primary N) is 1. The molecule has 20 aromatic rings. The van der Waals surface area contributed by atoms with Crippen LogP contribution in [0.3, 0.4) is 0 Å². The lowest BCUT2D eigenvalue weighted by Gasteiger charge is -2.10. The van der Waals surface area contributed by atoms with Gasteiger partial charge in [-0.25, -0.2) is 34.9 Å². The summed E-state index contributed by atoms with van der Waals surface area (Å²) in [6.45, 7) is 45.7. The van der Waals surface area contributed by atoms with Gasteiger partial charge < -0.3 is 28.8 Å². The second-order valence-corrected chi connectivity index (χ2v) is 37.2. The number of pyridine rings is 5. The topological polar surface area (TPSA) is 228 Å². The lowest BCUT2D eigenvalue weighted by molar-refractivity contribution is 0.281. The van der Waals surface area contributed by atoms with Crippen LogP contribution < -0.4 is 10.5 Å². The summed E-state index contributed by atoms with van der Waals surface area (Å²) in [6.07, 6.45) is 17.9. The van der Waals surface area contributed by atoms with E-state index in [9.17, 15) is 0 Å². The van der Waals surface area contributed by atoms with Gasteiger partial charge in [-0.15, -0.1) is 11.3 Å². The first-order chi connectivity index (χ1) is 63.0. The van der Waals surface area contributed by atoms with E-state index in [1.165, 1.54) is 98.5 Å². The Kier molecular flexibility index (Phi) is 35.7. The molecule has 0 amide bonds. The molecule has 19 heteroatoms. The number of aryl methyl sites for hydroxylation is 1. The van der Waals surface area contributed by atoms with Crippen LogP contribution in [0.5, 0.6) is 5.75 Å². The first kappa shape index (κ1) is 98.5. The molecule has 0 saturated carbocycles. The van der Waals surface area contributed by atoms with E-state index in [2.05, 4.69) is 325 Å². The van der Waals surface area contributed by atoms with Crippen molar-refractivity contribution >= 4 is 130 Å². The standard InChI is InChI=1S/2C13H15NO.2C12H13N.C11H12N2.C11H13NO.C10H12N2S.C10H12N2.C10H11NO.C10H11NS/c1-9(2)11-5-4-6-13-12(11)7-10(15-3)8-14-13;1-9(2)11-4-3-5-13-12(11)6-10(8-15)7-14-13;1-9(2)10-5-3-7-12-11(10)6-4-8-13-12;1-9(2)11-5-3-4-10-8-13-7-6-12(10)11;1-8(2)9-4-3-5-11-10(9)6-12-7-13-11;1-7(2)9-5-4-6-10-11(9)13-8(3)12-10;1-6(2)7-4-3-5-8-9(7)13-10(11)12-8;1-8(2)9-4-3-5-10-11-6-7-12(9)10;2*1-7(2)8-4-3-5-9-10(8)12-6-11-9/h4-9H,1-3H3;3-7,9,15H,8H2,1-2H3;2*3-9H,1-2H3;3-8H,1-2H3;4-7H,1-3H3;3-6H,1-2H3,(H2,11,12);3-8H,1-2H3;2*3-7H,1-2H3. The van der Waals surface area contributed by atoms with Crippen molar-refractivity contribution in [2.75, 3.05) is 12.8 Å². The molecule has 0 aliphatic rings. The number of para-hydroxylation sites is 2. The first-order valence-electron chi connectivity index (χ1n) is 45.4. The van der Waals surface area contributed by atoms with E-state index in [0.717, 1.165) is 83.5 Å². The van der Waals surface area contributed by atoms with Crippen LogP contribution >= 0.6 is 22.7 Å². The summed E-state index contributed by atoms with van der Waals surface area (Å²) >= 11 is 3.30. The van der Waals surface area contributed by atoms with Crippen molar-refractivity contribution in [2.45, 2.75) is 211 Å². The van der Waals surface area contributed by atoms with Crippen LogP contribution in [0.1, 0.15) is 265 Å². The first-order valence-corrected chi connectivity index (χ1v) is 47.1. The van der Waals surface area contributed by atoms with Gasteiger partial charge in [0.25, 0.3) is 0 Å². The van der Waals surface area contributed by atoms with Crippen LogP contribution in [-0.2, 0) is 6.61 Å². The van der Waals surface area contributed by atoms with Gasteiger partial charge in [0.15, 0.2) is 28.6 Å². The average molecular weight is 1780 g/mol. The number of oxazole rings is 2. The van der Waals surface area contributed by atoms with Gasteiger partial charge in [0.2, 0.25) is 0 Å². The molecule has 0 radical (unpaired) electrons. The number of aliphatic hydroxyl groups excluding tert-OH is 1. The third-order valence-electron chi connectivity index (χ3n) is 22.4. The van der Waals surface area contributed by atoms with Gasteiger partial charge in [-0.3, -0.25) is 19.9 Å². The van der Waals surface area contributed by atoms with E-state index in [1.807, 2.05) is 135 Å². The van der Waals surface area contributed by atoms with Gasteiger partial charge in [0, 0.05) is 82.9 Å². The van der Waals surface area contributed by atoms with Gasteiger partial charge >= 0.3 is 0 Å². The maximum atomic E-state index is 9.09. The fourth-order valence-electron chi connectivity index (χ4n) is 15.5. The predicted octanol–water partition coefficient (Wildman–Crippen LogP) is 30.8. The number of hydrogen-bond acceptors (Lipinski definition) is 18. The van der Waals surface area contributed by atoms with Gasteiger partial charge in [-0.1, -0.05) is 277 Å². The molecule has 0 spiro atoms. The zero-order chi connectivity index (χ0) is 94.0. The second-order valence-electron chi connectivity index (χ2n) is 35.3. The molecule has 0 aliphatic carbocycles. The highest BCUT2D eigenvalue weighted by atomic mass is 32.1. The highest BCUT2D eigenvalue weighted by Gasteiger charge is 2.16. The van der Waals surface area contributed by atoms with Gasteiger partial charge in [-0.2, -0.15) is 0 Å². The third-order valence-corrected chi connectivity index (χ3v) is 24.2. The Hall–Kier alpha value is -13.1. The molecule has 9 aromatic carbocycles. The Labute approximate surface area is 780 Å². The maximum absolute atomic E-state index is 9.09. The molecule has 17 nitrogen and oxygen atoms in total. The Morgan fingerprint density at radius 2 is 0.863 bits per heavy atom. The van der Waals surface area contributed by atoms with Crippen molar-refractivity contribution in [1.82, 2.24) is 59.2 Å². The van der Waals surface area contributed by atoms with Crippen molar-refractivity contribution in [3.63, 3.8) is 0 Å². The van der Waals surface area contributed by atoms with E-state index >= 15 is 0 Å². The van der Waals surface area contributed by atoms with Crippen LogP contribution in [-0.4, -0.2) is 71.4 Å². The molecule has 676 valence electrons. The minimum absolute atomic E-state index is 0.0510. The molecule has 0 aliphatic heterocycles. The highest BCUT2D eigenvalue weighted by molar-refractivity contribution is 7.22. The zero-order valence-corrected chi connectivity index (χ0v) is 81.6. The number of thiazole rings is 2. The lowest BCUT2D eigenvalue weighted by Crippen LogP contribution is -1.96. The number of hydrogen-bond donors (Lipinski definition) is 2. The number of imidazole rings is 1. The predicted molar refractivity (Wildman–Crippen MR) is 551 cm³/mol. The molecule has 11 heterocycles. The van der Waals surface area contributed by atoms with Crippen LogP contribution in [0.15, 0.2) is 289 Å².